The number of ether oxygens (including phenoxy) is 3. The summed E-state index contributed by atoms with van der Waals surface area (Å²) in [6.45, 7) is 6.08. The fourth-order valence-corrected chi connectivity index (χ4v) is 3.60. The normalized spacial score (nSPS) is 14.2. The fraction of sp³-hybridized carbons (Fsp3) is 0.259. The molecule has 0 aliphatic carbocycles. The molecule has 1 aliphatic heterocycles. The minimum Gasteiger partial charge on any atom is -0.465 e. The molecular formula is C27H27N3O3. The van der Waals surface area contributed by atoms with E-state index >= 15 is 0 Å². The van der Waals surface area contributed by atoms with Crippen LogP contribution < -0.4 is 10.5 Å². The summed E-state index contributed by atoms with van der Waals surface area (Å²) >= 11 is 0. The van der Waals surface area contributed by atoms with Crippen LogP contribution in [0.1, 0.15) is 42.0 Å². The second-order valence-corrected chi connectivity index (χ2v) is 8.53. The first-order valence-corrected chi connectivity index (χ1v) is 10.7. The first kappa shape index (κ1) is 22.4. The lowest BCUT2D eigenvalue weighted by molar-refractivity contribution is 0.0742. The third kappa shape index (κ3) is 5.00. The zero-order valence-corrected chi connectivity index (χ0v) is 19.2. The van der Waals surface area contributed by atoms with Crippen LogP contribution in [0, 0.1) is 24.2 Å². The summed E-state index contributed by atoms with van der Waals surface area (Å²) < 4.78 is 17.0. The predicted molar refractivity (Wildman–Crippen MR) is 129 cm³/mol. The number of fused-ring (bicyclic) bond motifs is 2. The lowest BCUT2D eigenvalue weighted by Gasteiger charge is -2.28. The lowest BCUT2D eigenvalue weighted by Crippen LogP contribution is -2.22. The van der Waals surface area contributed by atoms with Crippen molar-refractivity contribution >= 4 is 6.02 Å². The molecule has 1 atom stereocenters. The van der Waals surface area contributed by atoms with Crippen molar-refractivity contribution in [3.8, 4) is 34.6 Å². The number of hydrogen-bond acceptors (Lipinski definition) is 5. The van der Waals surface area contributed by atoms with Gasteiger partial charge in [0.2, 0.25) is 5.88 Å². The van der Waals surface area contributed by atoms with Gasteiger partial charge in [0.25, 0.3) is 6.02 Å². The van der Waals surface area contributed by atoms with Gasteiger partial charge in [-0.25, -0.2) is 4.98 Å². The Morgan fingerprint density at radius 1 is 1.12 bits per heavy atom. The monoisotopic (exact) mass is 441 g/mol. The highest BCUT2D eigenvalue weighted by Gasteiger charge is 2.30. The summed E-state index contributed by atoms with van der Waals surface area (Å²) in [6, 6.07) is 15.8. The molecule has 0 unspecified atom stereocenters. The highest BCUT2D eigenvalue weighted by atomic mass is 16.5. The molecule has 2 heterocycles. The largest absolute Gasteiger partial charge is 0.465 e. The maximum atomic E-state index is 7.55. The fourth-order valence-electron chi connectivity index (χ4n) is 3.60. The Hall–Kier alpha value is -3.82. The standard InChI is InChI=1S/C27H27N3O3/c1-17-5-8-19(9-6-17)20-14-22-23(16-32-26(28)29)21-13-18(11-12-27(2,3)31-4)7-10-24(21)33-25(22)30-15-20/h5-10,13-15,23H,16H2,1-4H3,(H3,28,29)/t23-/m1/s1. The van der Waals surface area contributed by atoms with Gasteiger partial charge in [-0.1, -0.05) is 41.7 Å². The van der Waals surface area contributed by atoms with Crippen molar-refractivity contribution in [3.63, 3.8) is 0 Å². The summed E-state index contributed by atoms with van der Waals surface area (Å²) in [6.07, 6.45) is 1.81. The van der Waals surface area contributed by atoms with E-state index in [4.69, 9.17) is 25.4 Å². The van der Waals surface area contributed by atoms with Crippen LogP contribution in [0.2, 0.25) is 0 Å². The Labute approximate surface area is 194 Å². The average molecular weight is 442 g/mol. The molecule has 4 rings (SSSR count). The Bertz CT molecular complexity index is 1250. The number of amidine groups is 1. The van der Waals surface area contributed by atoms with E-state index in [0.29, 0.717) is 11.6 Å². The third-order valence-electron chi connectivity index (χ3n) is 5.65. The quantitative estimate of drug-likeness (QED) is 0.338. The summed E-state index contributed by atoms with van der Waals surface area (Å²) in [5.41, 5.74) is 10.8. The van der Waals surface area contributed by atoms with Crippen LogP contribution in [0.5, 0.6) is 11.6 Å². The third-order valence-corrected chi connectivity index (χ3v) is 5.65. The van der Waals surface area contributed by atoms with E-state index in [1.54, 1.807) is 7.11 Å². The minimum atomic E-state index is -0.553. The van der Waals surface area contributed by atoms with Gasteiger partial charge in [-0.05, 0) is 50.6 Å². The van der Waals surface area contributed by atoms with E-state index in [-0.39, 0.29) is 18.5 Å². The number of nitrogens with zero attached hydrogens (tertiary/aromatic N) is 1. The molecule has 1 aliphatic rings. The highest BCUT2D eigenvalue weighted by molar-refractivity contribution is 5.69. The number of aromatic nitrogens is 1. The zero-order valence-electron chi connectivity index (χ0n) is 19.2. The second-order valence-electron chi connectivity index (χ2n) is 8.53. The van der Waals surface area contributed by atoms with Gasteiger partial charge in [-0.2, -0.15) is 0 Å². The maximum absolute atomic E-state index is 7.55. The zero-order chi connectivity index (χ0) is 23.6. The van der Waals surface area contributed by atoms with Crippen molar-refractivity contribution in [2.45, 2.75) is 32.3 Å². The molecule has 0 saturated heterocycles. The number of benzene rings is 2. The summed E-state index contributed by atoms with van der Waals surface area (Å²) in [4.78, 5) is 4.59. The Morgan fingerprint density at radius 3 is 2.58 bits per heavy atom. The Balaban J connectivity index is 1.77. The van der Waals surface area contributed by atoms with Gasteiger partial charge in [-0.15, -0.1) is 0 Å². The SMILES string of the molecule is COC(C)(C)C#Cc1ccc2c(c1)[C@@H](COC(=N)N)c1cc(-c3ccc(C)cc3)cnc1O2. The van der Waals surface area contributed by atoms with Crippen molar-refractivity contribution in [1.29, 1.82) is 5.41 Å². The molecule has 2 aromatic carbocycles. The number of hydrogen-bond donors (Lipinski definition) is 2. The molecule has 0 spiro atoms. The van der Waals surface area contributed by atoms with Gasteiger partial charge in [-0.3, -0.25) is 5.41 Å². The molecule has 168 valence electrons. The van der Waals surface area contributed by atoms with Crippen LogP contribution >= 0.6 is 0 Å². The van der Waals surface area contributed by atoms with Gasteiger partial charge in [0, 0.05) is 35.6 Å². The number of rotatable bonds is 4. The van der Waals surface area contributed by atoms with Gasteiger partial charge < -0.3 is 19.9 Å². The molecule has 3 aromatic rings. The summed E-state index contributed by atoms with van der Waals surface area (Å²) in [5, 5.41) is 7.55. The van der Waals surface area contributed by atoms with Crippen molar-refractivity contribution in [3.05, 3.63) is 77.0 Å². The maximum Gasteiger partial charge on any atom is 0.279 e. The summed E-state index contributed by atoms with van der Waals surface area (Å²) in [7, 11) is 1.64. The molecule has 0 bridgehead atoms. The van der Waals surface area contributed by atoms with E-state index in [9.17, 15) is 0 Å². The Morgan fingerprint density at radius 2 is 1.88 bits per heavy atom. The van der Waals surface area contributed by atoms with Crippen LogP contribution in [-0.2, 0) is 9.47 Å². The van der Waals surface area contributed by atoms with Crippen molar-refractivity contribution < 1.29 is 14.2 Å². The van der Waals surface area contributed by atoms with Gasteiger partial charge in [0.1, 0.15) is 18.0 Å². The van der Waals surface area contributed by atoms with Crippen LogP contribution in [0.15, 0.2) is 54.7 Å². The first-order valence-electron chi connectivity index (χ1n) is 10.7. The van der Waals surface area contributed by atoms with Crippen molar-refractivity contribution in [1.82, 2.24) is 4.98 Å². The number of aryl methyl sites for hydroxylation is 1. The van der Waals surface area contributed by atoms with Crippen LogP contribution in [0.3, 0.4) is 0 Å². The van der Waals surface area contributed by atoms with E-state index in [1.807, 2.05) is 38.2 Å². The second kappa shape index (κ2) is 8.97. The molecule has 3 N–H and O–H groups in total. The number of methoxy groups -OCH3 is 1. The molecule has 0 amide bonds. The first-order chi connectivity index (χ1) is 15.8. The number of nitrogens with two attached hydrogens (primary N) is 1. The van der Waals surface area contributed by atoms with Gasteiger partial charge in [0.15, 0.2) is 0 Å². The summed E-state index contributed by atoms with van der Waals surface area (Å²) in [5.74, 6) is 7.31. The van der Waals surface area contributed by atoms with Crippen LogP contribution in [0.25, 0.3) is 11.1 Å². The molecule has 33 heavy (non-hydrogen) atoms. The van der Waals surface area contributed by atoms with Gasteiger partial charge >= 0.3 is 0 Å². The van der Waals surface area contributed by atoms with Crippen molar-refractivity contribution in [2.24, 2.45) is 5.73 Å². The molecular weight excluding hydrogens is 414 g/mol. The number of pyridine rings is 1. The molecule has 6 heteroatoms. The Kier molecular flexibility index (Phi) is 6.08. The van der Waals surface area contributed by atoms with E-state index in [1.165, 1.54) is 5.56 Å². The smallest absolute Gasteiger partial charge is 0.279 e. The molecule has 6 nitrogen and oxygen atoms in total. The molecule has 1 aromatic heterocycles. The number of nitrogens with one attached hydrogen (secondary N) is 1. The average Bonchev–Trinajstić information content (AvgIpc) is 2.80. The molecule has 0 fully saturated rings. The molecule has 0 radical (unpaired) electrons. The topological polar surface area (TPSA) is 90.5 Å². The van der Waals surface area contributed by atoms with E-state index < -0.39 is 5.60 Å². The molecule has 0 saturated carbocycles. The van der Waals surface area contributed by atoms with Crippen LogP contribution in [0.4, 0.5) is 0 Å². The lowest BCUT2D eigenvalue weighted by atomic mass is 9.87. The minimum absolute atomic E-state index is 0.193. The highest BCUT2D eigenvalue weighted by Crippen LogP contribution is 2.44. The van der Waals surface area contributed by atoms with Gasteiger partial charge in [0.05, 0.1) is 5.92 Å². The van der Waals surface area contributed by atoms with Crippen molar-refractivity contribution in [2.75, 3.05) is 13.7 Å². The predicted octanol–water partition coefficient (Wildman–Crippen LogP) is 4.98. The van der Waals surface area contributed by atoms with E-state index in [0.717, 1.165) is 27.8 Å². The van der Waals surface area contributed by atoms with E-state index in [2.05, 4.69) is 54.1 Å². The van der Waals surface area contributed by atoms with Crippen LogP contribution in [-0.4, -0.2) is 30.3 Å².